The summed E-state index contributed by atoms with van der Waals surface area (Å²) in [5.74, 6) is -0.222. The number of sulfonamides is 1. The number of amides is 1. The van der Waals surface area contributed by atoms with Gasteiger partial charge in [0.2, 0.25) is 15.9 Å². The summed E-state index contributed by atoms with van der Waals surface area (Å²) >= 11 is 1.07. The highest BCUT2D eigenvalue weighted by Crippen LogP contribution is 2.28. The van der Waals surface area contributed by atoms with Gasteiger partial charge in [-0.2, -0.15) is 0 Å². The SMILES string of the molecule is O=C(c1nnc(-c2csc(S(=O)(=O)NCCc3ccccc3)c2)o1)N1CCCC1. The highest BCUT2D eigenvalue weighted by molar-refractivity contribution is 7.91. The summed E-state index contributed by atoms with van der Waals surface area (Å²) in [6.07, 6.45) is 2.54. The van der Waals surface area contributed by atoms with Crippen LogP contribution in [0.15, 0.2) is 50.4 Å². The second-order valence-electron chi connectivity index (χ2n) is 6.70. The van der Waals surface area contributed by atoms with Crippen molar-refractivity contribution in [3.8, 4) is 11.5 Å². The van der Waals surface area contributed by atoms with Crippen LogP contribution in [0.5, 0.6) is 0 Å². The third kappa shape index (κ3) is 4.55. The van der Waals surface area contributed by atoms with Crippen LogP contribution in [0, 0.1) is 0 Å². The molecule has 4 rings (SSSR count). The minimum atomic E-state index is -3.64. The standard InChI is InChI=1S/C19H20N4O4S2/c24-19(23-10-4-5-11-23)18-22-21-17(27-18)15-12-16(28-13-15)29(25,26)20-9-8-14-6-2-1-3-7-14/h1-3,6-7,12-13,20H,4-5,8-11H2. The number of carbonyl (C=O) groups excluding carboxylic acids is 1. The molecule has 2 aromatic heterocycles. The lowest BCUT2D eigenvalue weighted by atomic mass is 10.2. The summed E-state index contributed by atoms with van der Waals surface area (Å²) in [5.41, 5.74) is 1.54. The highest BCUT2D eigenvalue weighted by Gasteiger charge is 2.25. The number of hydrogen-bond donors (Lipinski definition) is 1. The number of aromatic nitrogens is 2. The van der Waals surface area contributed by atoms with Gasteiger partial charge in [-0.3, -0.25) is 4.79 Å². The van der Waals surface area contributed by atoms with Gasteiger partial charge in [0.05, 0.1) is 5.56 Å². The van der Waals surface area contributed by atoms with Gasteiger partial charge >= 0.3 is 11.8 Å². The molecule has 1 amide bonds. The number of carbonyl (C=O) groups is 1. The molecule has 0 unspecified atom stereocenters. The molecule has 10 heteroatoms. The van der Waals surface area contributed by atoms with E-state index in [2.05, 4.69) is 14.9 Å². The van der Waals surface area contributed by atoms with E-state index >= 15 is 0 Å². The molecule has 3 heterocycles. The van der Waals surface area contributed by atoms with E-state index in [-0.39, 0.29) is 21.9 Å². The maximum Gasteiger partial charge on any atom is 0.311 e. The molecule has 8 nitrogen and oxygen atoms in total. The molecule has 152 valence electrons. The molecule has 3 aromatic rings. The fourth-order valence-electron chi connectivity index (χ4n) is 3.10. The Hall–Kier alpha value is -2.56. The van der Waals surface area contributed by atoms with Crippen LogP contribution < -0.4 is 4.72 Å². The van der Waals surface area contributed by atoms with Gasteiger partial charge in [0.15, 0.2) is 0 Å². The van der Waals surface area contributed by atoms with Gasteiger partial charge in [0, 0.05) is 25.0 Å². The summed E-state index contributed by atoms with van der Waals surface area (Å²) < 4.78 is 33.3. The molecule has 1 fully saturated rings. The van der Waals surface area contributed by atoms with Crippen LogP contribution in [0.25, 0.3) is 11.5 Å². The molecule has 0 radical (unpaired) electrons. The first-order valence-electron chi connectivity index (χ1n) is 9.28. The van der Waals surface area contributed by atoms with Gasteiger partial charge in [0.25, 0.3) is 0 Å². The average molecular weight is 433 g/mol. The van der Waals surface area contributed by atoms with Crippen molar-refractivity contribution in [3.63, 3.8) is 0 Å². The predicted molar refractivity (Wildman–Crippen MR) is 108 cm³/mol. The minimum absolute atomic E-state index is 0.0708. The molecular formula is C19H20N4O4S2. The second-order valence-corrected chi connectivity index (χ2v) is 9.60. The molecule has 1 aliphatic rings. The van der Waals surface area contributed by atoms with Crippen LogP contribution in [0.3, 0.4) is 0 Å². The Morgan fingerprint density at radius 2 is 1.93 bits per heavy atom. The van der Waals surface area contributed by atoms with E-state index in [1.165, 1.54) is 6.07 Å². The molecule has 1 N–H and O–H groups in total. The second kappa shape index (κ2) is 8.44. The number of rotatable bonds is 7. The molecule has 0 atom stereocenters. The third-order valence-corrected chi connectivity index (χ3v) is 7.54. The number of hydrogen-bond acceptors (Lipinski definition) is 7. The van der Waals surface area contributed by atoms with Crippen LogP contribution in [0.1, 0.15) is 29.1 Å². The highest BCUT2D eigenvalue weighted by atomic mass is 32.2. The van der Waals surface area contributed by atoms with Crippen molar-refractivity contribution in [1.29, 1.82) is 0 Å². The van der Waals surface area contributed by atoms with Gasteiger partial charge in [-0.15, -0.1) is 21.5 Å². The molecule has 1 aliphatic heterocycles. The Morgan fingerprint density at radius 1 is 1.17 bits per heavy atom. The zero-order chi connectivity index (χ0) is 20.3. The van der Waals surface area contributed by atoms with Crippen molar-refractivity contribution in [2.24, 2.45) is 0 Å². The monoisotopic (exact) mass is 432 g/mol. The third-order valence-electron chi connectivity index (χ3n) is 4.64. The molecule has 29 heavy (non-hydrogen) atoms. The van der Waals surface area contributed by atoms with Crippen molar-refractivity contribution in [2.75, 3.05) is 19.6 Å². The van der Waals surface area contributed by atoms with Crippen LogP contribution in [0.2, 0.25) is 0 Å². The summed E-state index contributed by atoms with van der Waals surface area (Å²) in [7, 11) is -3.64. The van der Waals surface area contributed by atoms with E-state index < -0.39 is 10.0 Å². The maximum atomic E-state index is 12.5. The molecule has 0 bridgehead atoms. The number of likely N-dealkylation sites (tertiary alicyclic amines) is 1. The van der Waals surface area contributed by atoms with Crippen LogP contribution >= 0.6 is 11.3 Å². The smallest absolute Gasteiger partial charge is 0.311 e. The summed E-state index contributed by atoms with van der Waals surface area (Å²) in [4.78, 5) is 14.0. The number of nitrogens with zero attached hydrogens (tertiary/aromatic N) is 3. The molecule has 1 saturated heterocycles. The summed E-state index contributed by atoms with van der Waals surface area (Å²) in [6, 6.07) is 11.1. The van der Waals surface area contributed by atoms with Gasteiger partial charge in [-0.05, 0) is 30.9 Å². The van der Waals surface area contributed by atoms with E-state index in [0.717, 1.165) is 29.7 Å². The van der Waals surface area contributed by atoms with E-state index in [4.69, 9.17) is 4.42 Å². The first kappa shape index (κ1) is 19.7. The molecule has 0 spiro atoms. The lowest BCUT2D eigenvalue weighted by Gasteiger charge is -2.11. The number of nitrogens with one attached hydrogen (secondary N) is 1. The lowest BCUT2D eigenvalue weighted by Crippen LogP contribution is -2.27. The van der Waals surface area contributed by atoms with Crippen molar-refractivity contribution in [3.05, 3.63) is 53.2 Å². The Labute approximate surface area is 172 Å². The first-order valence-corrected chi connectivity index (χ1v) is 11.6. The Bertz CT molecular complexity index is 1090. The van der Waals surface area contributed by atoms with E-state index in [9.17, 15) is 13.2 Å². The summed E-state index contributed by atoms with van der Waals surface area (Å²) in [5, 5.41) is 9.36. The first-order chi connectivity index (χ1) is 14.0. The van der Waals surface area contributed by atoms with Gasteiger partial charge in [-0.1, -0.05) is 30.3 Å². The van der Waals surface area contributed by atoms with Crippen LogP contribution in [0.4, 0.5) is 0 Å². The Kier molecular flexibility index (Phi) is 5.74. The largest absolute Gasteiger partial charge is 0.412 e. The summed E-state index contributed by atoms with van der Waals surface area (Å²) in [6.45, 7) is 1.67. The molecule has 0 aliphatic carbocycles. The van der Waals surface area contributed by atoms with Crippen molar-refractivity contribution >= 4 is 27.3 Å². The Morgan fingerprint density at radius 3 is 2.69 bits per heavy atom. The van der Waals surface area contributed by atoms with Crippen molar-refractivity contribution in [1.82, 2.24) is 19.8 Å². The molecule has 0 saturated carbocycles. The predicted octanol–water partition coefficient (Wildman–Crippen LogP) is 2.56. The fourth-order valence-corrected chi connectivity index (χ4v) is 5.33. The van der Waals surface area contributed by atoms with Crippen LogP contribution in [-0.2, 0) is 16.4 Å². The zero-order valence-electron chi connectivity index (χ0n) is 15.6. The van der Waals surface area contributed by atoms with Crippen molar-refractivity contribution in [2.45, 2.75) is 23.5 Å². The number of benzene rings is 1. The zero-order valence-corrected chi connectivity index (χ0v) is 17.2. The van der Waals surface area contributed by atoms with Crippen molar-refractivity contribution < 1.29 is 17.6 Å². The molecule has 1 aromatic carbocycles. The van der Waals surface area contributed by atoms with Gasteiger partial charge in [0.1, 0.15) is 4.21 Å². The maximum absolute atomic E-state index is 12.5. The Balaban J connectivity index is 1.41. The average Bonchev–Trinajstić information content (AvgIpc) is 3.49. The molecular weight excluding hydrogens is 412 g/mol. The topological polar surface area (TPSA) is 105 Å². The van der Waals surface area contributed by atoms with E-state index in [1.807, 2.05) is 30.3 Å². The lowest BCUT2D eigenvalue weighted by molar-refractivity contribution is 0.0754. The number of thiophene rings is 1. The fraction of sp³-hybridized carbons (Fsp3) is 0.316. The quantitative estimate of drug-likeness (QED) is 0.615. The van der Waals surface area contributed by atoms with Crippen LogP contribution in [-0.4, -0.2) is 49.1 Å². The normalized spacial score (nSPS) is 14.4. The minimum Gasteiger partial charge on any atom is -0.412 e. The van der Waals surface area contributed by atoms with E-state index in [0.29, 0.717) is 31.6 Å². The van der Waals surface area contributed by atoms with Gasteiger partial charge < -0.3 is 9.32 Å². The van der Waals surface area contributed by atoms with E-state index in [1.54, 1.807) is 10.3 Å². The van der Waals surface area contributed by atoms with Gasteiger partial charge in [-0.25, -0.2) is 13.1 Å².